The fourth-order valence-electron chi connectivity index (χ4n) is 2.87. The van der Waals surface area contributed by atoms with Gasteiger partial charge >= 0.3 is 0 Å². The Morgan fingerprint density at radius 2 is 1.86 bits per heavy atom. The van der Waals surface area contributed by atoms with Gasteiger partial charge in [0.05, 0.1) is 5.02 Å². The van der Waals surface area contributed by atoms with Crippen molar-refractivity contribution in [2.75, 3.05) is 6.54 Å². The molecule has 0 aromatic heterocycles. The summed E-state index contributed by atoms with van der Waals surface area (Å²) in [5.41, 5.74) is 0.388. The molecular formula is C20H18ClF2N3O2. The van der Waals surface area contributed by atoms with Crippen LogP contribution in [0.2, 0.25) is 5.02 Å². The van der Waals surface area contributed by atoms with E-state index >= 15 is 0 Å². The first-order chi connectivity index (χ1) is 13.2. The summed E-state index contributed by atoms with van der Waals surface area (Å²) >= 11 is 5.73. The van der Waals surface area contributed by atoms with Crippen LogP contribution >= 0.6 is 11.6 Å². The largest absolute Gasteiger partial charge is 0.350 e. The summed E-state index contributed by atoms with van der Waals surface area (Å²) in [7, 11) is 0. The van der Waals surface area contributed by atoms with Crippen molar-refractivity contribution in [3.05, 3.63) is 70.2 Å². The molecule has 1 aliphatic rings. The van der Waals surface area contributed by atoms with Gasteiger partial charge in [-0.25, -0.2) is 8.78 Å². The van der Waals surface area contributed by atoms with E-state index in [1.54, 1.807) is 13.8 Å². The van der Waals surface area contributed by atoms with Gasteiger partial charge in [0.15, 0.2) is 0 Å². The first kappa shape index (κ1) is 19.9. The molecule has 1 aliphatic heterocycles. The molecule has 0 spiro atoms. The lowest BCUT2D eigenvalue weighted by Gasteiger charge is -2.28. The number of carbonyl (C=O) groups excluding carboxylic acids is 2. The Balaban J connectivity index is 1.66. The fourth-order valence-corrected chi connectivity index (χ4v) is 3.07. The molecule has 0 atom stereocenters. The van der Waals surface area contributed by atoms with Crippen LogP contribution in [0.1, 0.15) is 25.0 Å². The van der Waals surface area contributed by atoms with E-state index in [2.05, 4.69) is 10.3 Å². The van der Waals surface area contributed by atoms with E-state index in [0.717, 1.165) is 0 Å². The number of halogens is 3. The molecule has 0 saturated carbocycles. The number of carbonyl (C=O) groups is 2. The summed E-state index contributed by atoms with van der Waals surface area (Å²) in [4.78, 5) is 30.8. The molecule has 28 heavy (non-hydrogen) atoms. The smallest absolute Gasteiger partial charge is 0.275 e. The molecule has 146 valence electrons. The molecule has 1 N–H and O–H groups in total. The first-order valence-electron chi connectivity index (χ1n) is 8.56. The number of nitrogens with zero attached hydrogens (tertiary/aromatic N) is 2. The quantitative estimate of drug-likeness (QED) is 0.829. The fraction of sp³-hybridized carbons (Fsp3) is 0.250. The maximum absolute atomic E-state index is 13.2. The predicted octanol–water partition coefficient (Wildman–Crippen LogP) is 3.30. The van der Waals surface area contributed by atoms with E-state index in [0.29, 0.717) is 11.1 Å². The maximum atomic E-state index is 13.2. The van der Waals surface area contributed by atoms with Gasteiger partial charge in [0.1, 0.15) is 29.6 Å². The van der Waals surface area contributed by atoms with Gasteiger partial charge in [-0.05, 0) is 55.8 Å². The Labute approximate surface area is 166 Å². The molecule has 0 unspecified atom stereocenters. The summed E-state index contributed by atoms with van der Waals surface area (Å²) in [5.74, 6) is -1.74. The topological polar surface area (TPSA) is 61.8 Å². The van der Waals surface area contributed by atoms with Gasteiger partial charge in [-0.3, -0.25) is 14.6 Å². The third kappa shape index (κ3) is 4.20. The second kappa shape index (κ2) is 7.67. The van der Waals surface area contributed by atoms with Crippen molar-refractivity contribution in [1.29, 1.82) is 0 Å². The molecule has 2 aromatic rings. The van der Waals surface area contributed by atoms with E-state index in [9.17, 15) is 18.4 Å². The number of benzene rings is 2. The molecule has 8 heteroatoms. The van der Waals surface area contributed by atoms with Crippen LogP contribution in [0.15, 0.2) is 47.5 Å². The monoisotopic (exact) mass is 405 g/mol. The Hall–Kier alpha value is -2.80. The van der Waals surface area contributed by atoms with Crippen LogP contribution in [0.25, 0.3) is 0 Å². The Bertz CT molecular complexity index is 958. The second-order valence-corrected chi connectivity index (χ2v) is 7.29. The molecule has 0 radical (unpaired) electrons. The van der Waals surface area contributed by atoms with E-state index in [1.807, 2.05) is 0 Å². The molecule has 0 saturated heterocycles. The lowest BCUT2D eigenvalue weighted by atomic mass is 10.1. The maximum Gasteiger partial charge on any atom is 0.275 e. The molecule has 3 rings (SSSR count). The number of nitrogens with one attached hydrogen (secondary N) is 1. The Morgan fingerprint density at radius 1 is 1.18 bits per heavy atom. The van der Waals surface area contributed by atoms with Crippen molar-refractivity contribution >= 4 is 29.1 Å². The number of hydrogen-bond acceptors (Lipinski definition) is 3. The number of rotatable bonds is 5. The van der Waals surface area contributed by atoms with Gasteiger partial charge in [-0.2, -0.15) is 0 Å². The molecule has 1 heterocycles. The second-order valence-electron chi connectivity index (χ2n) is 6.88. The molecule has 2 amide bonds. The molecule has 0 aliphatic carbocycles. The van der Waals surface area contributed by atoms with Gasteiger partial charge in [-0.15, -0.1) is 0 Å². The van der Waals surface area contributed by atoms with Crippen molar-refractivity contribution in [1.82, 2.24) is 10.2 Å². The lowest BCUT2D eigenvalue weighted by Crippen LogP contribution is -2.48. The van der Waals surface area contributed by atoms with Crippen LogP contribution < -0.4 is 5.32 Å². The number of amides is 2. The van der Waals surface area contributed by atoms with E-state index in [1.165, 1.54) is 47.4 Å². The summed E-state index contributed by atoms with van der Waals surface area (Å²) in [6.07, 6.45) is 0. The highest BCUT2D eigenvalue weighted by Gasteiger charge is 2.41. The standard InChI is InChI=1S/C20H18ClF2N3O2/c1-20(2)25-18(13-4-6-14(22)7-5-13)19(28)26(20)11-17(27)24-10-12-3-8-16(23)15(21)9-12/h3-9H,10-11H2,1-2H3,(H,24,27). The van der Waals surface area contributed by atoms with Gasteiger partial charge in [0, 0.05) is 12.1 Å². The highest BCUT2D eigenvalue weighted by atomic mass is 35.5. The highest BCUT2D eigenvalue weighted by molar-refractivity contribution is 6.46. The zero-order chi connectivity index (χ0) is 20.5. The summed E-state index contributed by atoms with van der Waals surface area (Å²) in [6.45, 7) is 3.38. The van der Waals surface area contributed by atoms with Gasteiger partial charge in [0.25, 0.3) is 5.91 Å². The van der Waals surface area contributed by atoms with Crippen molar-refractivity contribution in [3.63, 3.8) is 0 Å². The normalized spacial score (nSPS) is 15.5. The minimum Gasteiger partial charge on any atom is -0.350 e. The zero-order valence-electron chi connectivity index (χ0n) is 15.3. The molecule has 5 nitrogen and oxygen atoms in total. The van der Waals surface area contributed by atoms with Crippen LogP contribution in [0, 0.1) is 11.6 Å². The number of hydrogen-bond donors (Lipinski definition) is 1. The van der Waals surface area contributed by atoms with Crippen LogP contribution in [0.5, 0.6) is 0 Å². The third-order valence-corrected chi connectivity index (χ3v) is 4.68. The predicted molar refractivity (Wildman–Crippen MR) is 102 cm³/mol. The molecular weight excluding hydrogens is 388 g/mol. The molecule has 2 aromatic carbocycles. The highest BCUT2D eigenvalue weighted by Crippen LogP contribution is 2.26. The van der Waals surface area contributed by atoms with Crippen molar-refractivity contribution in [2.45, 2.75) is 26.1 Å². The van der Waals surface area contributed by atoms with Gasteiger partial charge in [-0.1, -0.05) is 17.7 Å². The van der Waals surface area contributed by atoms with E-state index in [4.69, 9.17) is 11.6 Å². The van der Waals surface area contributed by atoms with Crippen LogP contribution in [0.4, 0.5) is 8.78 Å². The molecule has 0 fully saturated rings. The third-order valence-electron chi connectivity index (χ3n) is 4.39. The first-order valence-corrected chi connectivity index (χ1v) is 8.93. The average molecular weight is 406 g/mol. The Morgan fingerprint density at radius 3 is 2.50 bits per heavy atom. The minimum absolute atomic E-state index is 0.0278. The minimum atomic E-state index is -0.919. The lowest BCUT2D eigenvalue weighted by molar-refractivity contribution is -0.134. The average Bonchev–Trinajstić information content (AvgIpc) is 2.87. The summed E-state index contributed by atoms with van der Waals surface area (Å²) < 4.78 is 26.3. The SMILES string of the molecule is CC1(C)N=C(c2ccc(F)cc2)C(=O)N1CC(=O)NCc1ccc(F)c(Cl)c1. The van der Waals surface area contributed by atoms with Gasteiger partial charge in [0.2, 0.25) is 5.91 Å². The number of aliphatic imine (C=N–C) groups is 1. The van der Waals surface area contributed by atoms with Crippen molar-refractivity contribution < 1.29 is 18.4 Å². The summed E-state index contributed by atoms with van der Waals surface area (Å²) in [5, 5.41) is 2.65. The van der Waals surface area contributed by atoms with Crippen LogP contribution in [-0.2, 0) is 16.1 Å². The van der Waals surface area contributed by atoms with Crippen molar-refractivity contribution in [2.24, 2.45) is 4.99 Å². The van der Waals surface area contributed by atoms with E-state index < -0.39 is 29.1 Å². The van der Waals surface area contributed by atoms with E-state index in [-0.39, 0.29) is 23.8 Å². The molecule has 0 bridgehead atoms. The van der Waals surface area contributed by atoms with Crippen molar-refractivity contribution in [3.8, 4) is 0 Å². The zero-order valence-corrected chi connectivity index (χ0v) is 16.1. The van der Waals surface area contributed by atoms with Gasteiger partial charge < -0.3 is 10.2 Å². The summed E-state index contributed by atoms with van der Waals surface area (Å²) in [6, 6.07) is 9.62. The van der Waals surface area contributed by atoms with Crippen LogP contribution in [0.3, 0.4) is 0 Å². The van der Waals surface area contributed by atoms with Crippen LogP contribution in [-0.4, -0.2) is 34.6 Å². The Kier molecular flexibility index (Phi) is 5.47.